The Hall–Kier alpha value is -1.98. The van der Waals surface area contributed by atoms with Crippen molar-refractivity contribution in [3.8, 4) is 0 Å². The van der Waals surface area contributed by atoms with Crippen molar-refractivity contribution in [3.05, 3.63) is 17.9 Å². The predicted molar refractivity (Wildman–Crippen MR) is 214 cm³/mol. The number of esters is 2. The Labute approximate surface area is 345 Å². The van der Waals surface area contributed by atoms with E-state index in [4.69, 9.17) is 28.4 Å². The van der Waals surface area contributed by atoms with Gasteiger partial charge in [-0.05, 0) is 50.7 Å². The average Bonchev–Trinajstić information content (AvgIpc) is 3.21. The minimum absolute atomic E-state index is 0.147. The highest BCUT2D eigenvalue weighted by molar-refractivity contribution is 5.70. The molecule has 2 aliphatic heterocycles. The summed E-state index contributed by atoms with van der Waals surface area (Å²) in [5.74, 6) is -0.953. The van der Waals surface area contributed by atoms with Crippen molar-refractivity contribution >= 4 is 11.9 Å². The predicted octanol–water partition coefficient (Wildman–Crippen LogP) is 4.03. The number of carbonyl (C=O) groups is 2. The molecule has 0 bridgehead atoms. The minimum atomic E-state index is -1.76. The maximum Gasteiger partial charge on any atom is 0.306 e. The van der Waals surface area contributed by atoms with Crippen molar-refractivity contribution < 1.29 is 73.8 Å². The lowest BCUT2D eigenvalue weighted by Crippen LogP contribution is -2.61. The van der Waals surface area contributed by atoms with E-state index in [0.29, 0.717) is 12.8 Å². The summed E-state index contributed by atoms with van der Waals surface area (Å²) >= 11 is 0. The Morgan fingerprint density at radius 1 is 0.569 bits per heavy atom. The van der Waals surface area contributed by atoms with Gasteiger partial charge in [0.2, 0.25) is 0 Å². The second-order valence-electron chi connectivity index (χ2n) is 15.6. The van der Waals surface area contributed by atoms with Crippen LogP contribution in [-0.2, 0) is 38.0 Å². The van der Waals surface area contributed by atoms with Crippen molar-refractivity contribution in [1.82, 2.24) is 0 Å². The van der Waals surface area contributed by atoms with Crippen molar-refractivity contribution in [1.29, 1.82) is 0 Å². The van der Waals surface area contributed by atoms with Gasteiger partial charge in [0.05, 0.1) is 19.8 Å². The van der Waals surface area contributed by atoms with Crippen LogP contribution in [0.5, 0.6) is 0 Å². The first-order chi connectivity index (χ1) is 28.0. The maximum absolute atomic E-state index is 12.9. The number of hydrogen-bond acceptors (Lipinski definition) is 15. The molecule has 2 rings (SSSR count). The lowest BCUT2D eigenvalue weighted by atomic mass is 9.98. The van der Waals surface area contributed by atoms with Crippen LogP contribution in [0.3, 0.4) is 0 Å². The molecule has 15 heteroatoms. The van der Waals surface area contributed by atoms with Gasteiger partial charge in [0, 0.05) is 12.8 Å². The van der Waals surface area contributed by atoms with Gasteiger partial charge in [0.1, 0.15) is 55.4 Å². The van der Waals surface area contributed by atoms with Crippen molar-refractivity contribution in [3.63, 3.8) is 0 Å². The zero-order chi connectivity index (χ0) is 42.5. The van der Waals surface area contributed by atoms with Crippen molar-refractivity contribution in [2.45, 2.75) is 216 Å². The summed E-state index contributed by atoms with van der Waals surface area (Å²) in [6.45, 7) is 2.47. The number of aliphatic hydroxyl groups excluding tert-OH is 7. The molecule has 2 heterocycles. The van der Waals surface area contributed by atoms with E-state index in [-0.39, 0.29) is 26.1 Å². The average molecular weight is 833 g/mol. The third-order valence-electron chi connectivity index (χ3n) is 10.5. The van der Waals surface area contributed by atoms with Crippen LogP contribution in [0.15, 0.2) is 17.9 Å². The van der Waals surface area contributed by atoms with Crippen LogP contribution in [0.4, 0.5) is 0 Å². The van der Waals surface area contributed by atoms with Crippen LogP contribution in [-0.4, -0.2) is 142 Å². The highest BCUT2D eigenvalue weighted by Crippen LogP contribution is 2.26. The van der Waals surface area contributed by atoms with Gasteiger partial charge in [0.25, 0.3) is 0 Å². The highest BCUT2D eigenvalue weighted by atomic mass is 16.7. The molecule has 0 saturated carbocycles. The molecule has 2 fully saturated rings. The van der Waals surface area contributed by atoms with Crippen LogP contribution in [0.25, 0.3) is 0 Å². The maximum atomic E-state index is 12.9. The van der Waals surface area contributed by atoms with Gasteiger partial charge in [-0.15, -0.1) is 5.73 Å². The summed E-state index contributed by atoms with van der Waals surface area (Å²) in [4.78, 5) is 25.4. The van der Waals surface area contributed by atoms with E-state index in [9.17, 15) is 45.3 Å². The van der Waals surface area contributed by atoms with Gasteiger partial charge in [-0.25, -0.2) is 0 Å². The fourth-order valence-electron chi connectivity index (χ4n) is 6.78. The molecule has 2 saturated heterocycles. The molecule has 338 valence electrons. The van der Waals surface area contributed by atoms with E-state index in [1.807, 2.05) is 0 Å². The van der Waals surface area contributed by atoms with Gasteiger partial charge < -0.3 is 64.2 Å². The Morgan fingerprint density at radius 2 is 1.03 bits per heavy atom. The van der Waals surface area contributed by atoms with E-state index in [0.717, 1.165) is 64.2 Å². The van der Waals surface area contributed by atoms with Gasteiger partial charge in [-0.1, -0.05) is 97.3 Å². The number of carbonyl (C=O) groups excluding carboxylic acids is 2. The molecule has 15 nitrogen and oxygen atoms in total. The summed E-state index contributed by atoms with van der Waals surface area (Å²) in [5.41, 5.74) is 3.28. The Kier molecular flexibility index (Phi) is 28.6. The zero-order valence-corrected chi connectivity index (χ0v) is 35.1. The van der Waals surface area contributed by atoms with Gasteiger partial charge >= 0.3 is 11.9 Å². The van der Waals surface area contributed by atoms with Crippen LogP contribution in [0.1, 0.15) is 149 Å². The normalized spacial score (nSPS) is 27.7. The third kappa shape index (κ3) is 21.0. The van der Waals surface area contributed by atoms with Crippen molar-refractivity contribution in [2.24, 2.45) is 0 Å². The zero-order valence-electron chi connectivity index (χ0n) is 35.1. The summed E-state index contributed by atoms with van der Waals surface area (Å²) in [6.07, 6.45) is 7.80. The summed E-state index contributed by atoms with van der Waals surface area (Å²) in [7, 11) is 0. The molecule has 11 atom stereocenters. The molecule has 0 aromatic rings. The lowest BCUT2D eigenvalue weighted by molar-refractivity contribution is -0.332. The molecule has 2 aliphatic rings. The monoisotopic (exact) mass is 833 g/mol. The Balaban J connectivity index is 1.86. The summed E-state index contributed by atoms with van der Waals surface area (Å²) in [6, 6.07) is 0. The van der Waals surface area contributed by atoms with Crippen LogP contribution < -0.4 is 0 Å². The fraction of sp³-hybridized carbons (Fsp3) is 0.884. The van der Waals surface area contributed by atoms with E-state index < -0.39 is 92.7 Å². The van der Waals surface area contributed by atoms with Crippen LogP contribution in [0, 0.1) is 0 Å². The molecular weight excluding hydrogens is 756 g/mol. The second-order valence-corrected chi connectivity index (χ2v) is 15.6. The molecule has 0 aromatic carbocycles. The second kappa shape index (κ2) is 31.8. The smallest absolute Gasteiger partial charge is 0.306 e. The van der Waals surface area contributed by atoms with Crippen LogP contribution in [0.2, 0.25) is 0 Å². The van der Waals surface area contributed by atoms with Gasteiger partial charge in [-0.2, -0.15) is 0 Å². The first-order valence-corrected chi connectivity index (χ1v) is 22.0. The number of ether oxygens (including phenoxy) is 6. The SMILES string of the molecule is CCCCCCCC=C=CCCCCCCCC(=O)O[C@H](COC(=O)CCCCCCCCC)CO[C@@H]1O[C@H](CO[C@@H]2O[C@H](CO)[C@H](O)C(O)C2O)[C@H](O)C(O)C1O. The molecule has 4 unspecified atom stereocenters. The van der Waals surface area contributed by atoms with Crippen LogP contribution >= 0.6 is 0 Å². The number of rotatable bonds is 32. The first kappa shape index (κ1) is 52.2. The van der Waals surface area contributed by atoms with E-state index >= 15 is 0 Å². The topological polar surface area (TPSA) is 231 Å². The van der Waals surface area contributed by atoms with E-state index in [1.54, 1.807) is 0 Å². The van der Waals surface area contributed by atoms with Crippen molar-refractivity contribution in [2.75, 3.05) is 26.4 Å². The Morgan fingerprint density at radius 3 is 1.59 bits per heavy atom. The highest BCUT2D eigenvalue weighted by Gasteiger charge is 2.47. The number of hydrogen-bond donors (Lipinski definition) is 7. The number of aliphatic hydroxyl groups is 7. The van der Waals surface area contributed by atoms with Gasteiger partial charge in [0.15, 0.2) is 18.7 Å². The first-order valence-electron chi connectivity index (χ1n) is 22.0. The molecule has 0 aromatic heterocycles. The summed E-state index contributed by atoms with van der Waals surface area (Å²) in [5, 5.41) is 71.7. The fourth-order valence-corrected chi connectivity index (χ4v) is 6.78. The number of unbranched alkanes of at least 4 members (excludes halogenated alkanes) is 16. The lowest BCUT2D eigenvalue weighted by Gasteiger charge is -2.42. The molecule has 0 radical (unpaired) electrons. The third-order valence-corrected chi connectivity index (χ3v) is 10.5. The molecule has 0 amide bonds. The van der Waals surface area contributed by atoms with E-state index in [1.165, 1.54) is 44.9 Å². The summed E-state index contributed by atoms with van der Waals surface area (Å²) < 4.78 is 33.3. The van der Waals surface area contributed by atoms with E-state index in [2.05, 4.69) is 31.7 Å². The standard InChI is InChI=1S/C43H76O15/c1-3-5-7-9-11-12-13-14-15-16-17-18-20-22-24-26-35(46)56-31(28-53-34(45)25-23-21-19-10-8-6-4-2)29-54-42-41(52)39(50)37(48)33(58-42)30-55-43-40(51)38(49)36(47)32(27-44)57-43/h13,15,31-33,36-44,47-52H,3-12,16-30H2,1-2H3/t14?,31-,32-,33-,36+,37+,38?,39?,40?,41?,42-,43-/m1/s1. The molecule has 0 aliphatic carbocycles. The van der Waals surface area contributed by atoms with Gasteiger partial charge in [-0.3, -0.25) is 9.59 Å². The molecule has 58 heavy (non-hydrogen) atoms. The minimum Gasteiger partial charge on any atom is -0.462 e. The molecule has 0 spiro atoms. The molecular formula is C43H76O15. The largest absolute Gasteiger partial charge is 0.462 e. The Bertz CT molecular complexity index is 1130. The quantitative estimate of drug-likeness (QED) is 0.0288. The molecule has 7 N–H and O–H groups in total. The number of allylic oxidation sites excluding steroid dienone is 1.